The number of carbonyl (C=O) groups is 1. The van der Waals surface area contributed by atoms with Gasteiger partial charge in [-0.1, -0.05) is 0 Å². The topological polar surface area (TPSA) is 55.1 Å². The highest BCUT2D eigenvalue weighted by atomic mass is 16.5. The van der Waals surface area contributed by atoms with Gasteiger partial charge in [-0.05, 0) is 18.6 Å². The van der Waals surface area contributed by atoms with Crippen molar-refractivity contribution in [3.8, 4) is 0 Å². The maximum Gasteiger partial charge on any atom is 0.248 e. The van der Waals surface area contributed by atoms with Crippen LogP contribution in [0.1, 0.15) is 12.2 Å². The summed E-state index contributed by atoms with van der Waals surface area (Å²) in [7, 11) is 3.33. The second-order valence-electron chi connectivity index (χ2n) is 6.09. The molecule has 0 saturated carbocycles. The molecule has 3 atom stereocenters. The van der Waals surface area contributed by atoms with E-state index < -0.39 is 0 Å². The van der Waals surface area contributed by atoms with Crippen molar-refractivity contribution in [1.82, 2.24) is 9.80 Å². The molecule has 1 aromatic rings. The molecule has 0 bridgehead atoms. The number of ether oxygens (including phenoxy) is 2. The van der Waals surface area contributed by atoms with Crippen molar-refractivity contribution in [3.63, 3.8) is 0 Å². The summed E-state index contributed by atoms with van der Waals surface area (Å²) in [5.74, 6) is 1.39. The van der Waals surface area contributed by atoms with Gasteiger partial charge in [0.2, 0.25) is 5.91 Å². The summed E-state index contributed by atoms with van der Waals surface area (Å²) in [4.78, 5) is 16.6. The van der Waals surface area contributed by atoms with Crippen LogP contribution < -0.4 is 0 Å². The number of methoxy groups -OCH3 is 2. The van der Waals surface area contributed by atoms with Gasteiger partial charge < -0.3 is 18.8 Å². The van der Waals surface area contributed by atoms with E-state index in [9.17, 15) is 4.79 Å². The lowest BCUT2D eigenvalue weighted by molar-refractivity contribution is -0.142. The first-order valence-corrected chi connectivity index (χ1v) is 7.79. The van der Waals surface area contributed by atoms with E-state index in [2.05, 4.69) is 4.90 Å². The zero-order valence-electron chi connectivity index (χ0n) is 13.2. The number of likely N-dealkylation sites (tertiary alicyclic amines) is 2. The molecule has 3 heterocycles. The Balaban J connectivity index is 1.70. The summed E-state index contributed by atoms with van der Waals surface area (Å²) < 4.78 is 16.1. The van der Waals surface area contributed by atoms with Crippen LogP contribution in [0.25, 0.3) is 0 Å². The highest BCUT2D eigenvalue weighted by Gasteiger charge is 2.45. The number of hydrogen-bond donors (Lipinski definition) is 0. The SMILES string of the molecule is COCC(=O)N1CC[C@@H](OC)[C@@H]2CN(Cc3ccco3)C[C@@H]21. The third-order valence-corrected chi connectivity index (χ3v) is 4.79. The third-order valence-electron chi connectivity index (χ3n) is 4.79. The van der Waals surface area contributed by atoms with Crippen LogP contribution in [0.2, 0.25) is 0 Å². The second kappa shape index (κ2) is 6.81. The van der Waals surface area contributed by atoms with E-state index in [4.69, 9.17) is 13.9 Å². The summed E-state index contributed by atoms with van der Waals surface area (Å²) >= 11 is 0. The molecule has 6 nitrogen and oxygen atoms in total. The van der Waals surface area contributed by atoms with Crippen molar-refractivity contribution in [3.05, 3.63) is 24.2 Å². The van der Waals surface area contributed by atoms with Crippen LogP contribution in [0.3, 0.4) is 0 Å². The van der Waals surface area contributed by atoms with Gasteiger partial charge in [0.25, 0.3) is 0 Å². The minimum atomic E-state index is 0.0758. The molecule has 2 saturated heterocycles. The number of amides is 1. The molecule has 2 aliphatic rings. The van der Waals surface area contributed by atoms with E-state index in [0.29, 0.717) is 5.92 Å². The Morgan fingerprint density at radius 3 is 2.95 bits per heavy atom. The molecule has 0 radical (unpaired) electrons. The lowest BCUT2D eigenvalue weighted by atomic mass is 9.89. The average Bonchev–Trinajstić information content (AvgIpc) is 3.15. The van der Waals surface area contributed by atoms with Crippen molar-refractivity contribution in [2.24, 2.45) is 5.92 Å². The minimum absolute atomic E-state index is 0.0758. The number of rotatable bonds is 5. The zero-order chi connectivity index (χ0) is 15.5. The Bertz CT molecular complexity index is 490. The van der Waals surface area contributed by atoms with Gasteiger partial charge >= 0.3 is 0 Å². The van der Waals surface area contributed by atoms with Crippen LogP contribution in [0.4, 0.5) is 0 Å². The van der Waals surface area contributed by atoms with E-state index in [0.717, 1.165) is 38.4 Å². The lowest BCUT2D eigenvalue weighted by Crippen LogP contribution is -2.54. The first-order chi connectivity index (χ1) is 10.7. The Kier molecular flexibility index (Phi) is 4.81. The zero-order valence-corrected chi connectivity index (χ0v) is 13.2. The summed E-state index contributed by atoms with van der Waals surface area (Å²) in [6.07, 6.45) is 2.81. The largest absolute Gasteiger partial charge is 0.468 e. The molecular formula is C16H24N2O4. The van der Waals surface area contributed by atoms with Gasteiger partial charge in [0.1, 0.15) is 12.4 Å². The van der Waals surface area contributed by atoms with Crippen molar-refractivity contribution in [1.29, 1.82) is 0 Å². The van der Waals surface area contributed by atoms with Crippen LogP contribution >= 0.6 is 0 Å². The number of carbonyl (C=O) groups excluding carboxylic acids is 1. The molecular weight excluding hydrogens is 284 g/mol. The van der Waals surface area contributed by atoms with Gasteiger partial charge in [-0.15, -0.1) is 0 Å². The van der Waals surface area contributed by atoms with E-state index in [-0.39, 0.29) is 24.7 Å². The van der Waals surface area contributed by atoms with Crippen molar-refractivity contribution >= 4 is 5.91 Å². The molecule has 0 N–H and O–H groups in total. The van der Waals surface area contributed by atoms with Crippen LogP contribution in [0.15, 0.2) is 22.8 Å². The molecule has 3 rings (SSSR count). The minimum Gasteiger partial charge on any atom is -0.468 e. The number of fused-ring (bicyclic) bond motifs is 1. The predicted molar refractivity (Wildman–Crippen MR) is 80.3 cm³/mol. The lowest BCUT2D eigenvalue weighted by Gasteiger charge is -2.41. The van der Waals surface area contributed by atoms with Crippen molar-refractivity contribution in [2.75, 3.05) is 40.5 Å². The molecule has 1 amide bonds. The van der Waals surface area contributed by atoms with Crippen LogP contribution in [0, 0.1) is 5.92 Å². The van der Waals surface area contributed by atoms with Crippen LogP contribution in [0.5, 0.6) is 0 Å². The van der Waals surface area contributed by atoms with E-state index in [1.165, 1.54) is 0 Å². The number of nitrogens with zero attached hydrogens (tertiary/aromatic N) is 2. The van der Waals surface area contributed by atoms with Gasteiger partial charge in [-0.25, -0.2) is 0 Å². The molecule has 2 fully saturated rings. The standard InChI is InChI=1S/C16H24N2O4/c1-20-11-16(19)18-6-5-15(21-2)13-9-17(10-14(13)18)8-12-4-3-7-22-12/h3-4,7,13-15H,5-6,8-11H2,1-2H3/t13-,14+,15-/m1/s1. The number of piperidine rings is 1. The van der Waals surface area contributed by atoms with E-state index in [1.807, 2.05) is 17.0 Å². The molecule has 6 heteroatoms. The molecule has 122 valence electrons. The first-order valence-electron chi connectivity index (χ1n) is 7.79. The fourth-order valence-corrected chi connectivity index (χ4v) is 3.80. The van der Waals surface area contributed by atoms with Gasteiger partial charge in [-0.3, -0.25) is 9.69 Å². The Morgan fingerprint density at radius 2 is 2.27 bits per heavy atom. The number of hydrogen-bond acceptors (Lipinski definition) is 5. The molecule has 0 unspecified atom stereocenters. The maximum atomic E-state index is 12.3. The highest BCUT2D eigenvalue weighted by molar-refractivity contribution is 5.78. The quantitative estimate of drug-likeness (QED) is 0.811. The van der Waals surface area contributed by atoms with Crippen molar-refractivity contribution in [2.45, 2.75) is 25.1 Å². The Labute approximate surface area is 131 Å². The number of furan rings is 1. The van der Waals surface area contributed by atoms with E-state index in [1.54, 1.807) is 20.5 Å². The summed E-state index contributed by atoms with van der Waals surface area (Å²) in [6.45, 7) is 3.47. The van der Waals surface area contributed by atoms with Crippen LogP contribution in [-0.4, -0.2) is 68.3 Å². The molecule has 22 heavy (non-hydrogen) atoms. The molecule has 0 aromatic carbocycles. The van der Waals surface area contributed by atoms with Gasteiger partial charge in [0.15, 0.2) is 0 Å². The normalized spacial score (nSPS) is 28.8. The molecule has 1 aromatic heterocycles. The second-order valence-corrected chi connectivity index (χ2v) is 6.09. The van der Waals surface area contributed by atoms with E-state index >= 15 is 0 Å². The Morgan fingerprint density at radius 1 is 1.41 bits per heavy atom. The predicted octanol–water partition coefficient (Wildman–Crippen LogP) is 0.974. The molecule has 2 aliphatic heterocycles. The summed E-state index contributed by atoms with van der Waals surface area (Å²) in [5.41, 5.74) is 0. The molecule has 0 spiro atoms. The smallest absolute Gasteiger partial charge is 0.248 e. The fourth-order valence-electron chi connectivity index (χ4n) is 3.80. The van der Waals surface area contributed by atoms with Gasteiger partial charge in [-0.2, -0.15) is 0 Å². The van der Waals surface area contributed by atoms with Gasteiger partial charge in [0.05, 0.1) is 25.0 Å². The maximum absolute atomic E-state index is 12.3. The first kappa shape index (κ1) is 15.5. The fraction of sp³-hybridized carbons (Fsp3) is 0.688. The third kappa shape index (κ3) is 3.04. The summed E-state index contributed by atoms with van der Waals surface area (Å²) in [6, 6.07) is 4.10. The molecule has 0 aliphatic carbocycles. The summed E-state index contributed by atoms with van der Waals surface area (Å²) in [5, 5.41) is 0. The van der Waals surface area contributed by atoms with Crippen LogP contribution in [-0.2, 0) is 20.8 Å². The van der Waals surface area contributed by atoms with Crippen molar-refractivity contribution < 1.29 is 18.7 Å². The monoisotopic (exact) mass is 308 g/mol. The Hall–Kier alpha value is -1.37. The highest BCUT2D eigenvalue weighted by Crippen LogP contribution is 2.33. The average molecular weight is 308 g/mol. The van der Waals surface area contributed by atoms with Gasteiger partial charge in [0, 0.05) is 39.8 Å².